The lowest BCUT2D eigenvalue weighted by molar-refractivity contribution is 0.410. The average molecular weight is 179 g/mol. The van der Waals surface area contributed by atoms with E-state index in [1.165, 1.54) is 0 Å². The monoisotopic (exact) mass is 179 g/mol. The van der Waals surface area contributed by atoms with Crippen molar-refractivity contribution >= 4 is 0 Å². The van der Waals surface area contributed by atoms with Crippen molar-refractivity contribution in [2.45, 2.75) is 26.3 Å². The summed E-state index contributed by atoms with van der Waals surface area (Å²) < 4.78 is 5.22. The van der Waals surface area contributed by atoms with E-state index < -0.39 is 0 Å². The Morgan fingerprint density at radius 2 is 2.15 bits per heavy atom. The third kappa shape index (κ3) is 2.22. The number of nitrogens with two attached hydrogens (primary N) is 1. The molecule has 0 amide bonds. The van der Waals surface area contributed by atoms with Gasteiger partial charge in [0, 0.05) is 6.04 Å². The Kier molecular flexibility index (Phi) is 3.32. The SMILES string of the molecule is CC[C@H](N)c1ccc(C)c(OC)c1. The smallest absolute Gasteiger partial charge is 0.122 e. The molecular weight excluding hydrogens is 162 g/mol. The predicted molar refractivity (Wildman–Crippen MR) is 55.0 cm³/mol. The van der Waals surface area contributed by atoms with E-state index in [9.17, 15) is 0 Å². The Morgan fingerprint density at radius 3 is 2.69 bits per heavy atom. The first-order valence-corrected chi connectivity index (χ1v) is 4.59. The number of hydrogen-bond acceptors (Lipinski definition) is 2. The van der Waals surface area contributed by atoms with Gasteiger partial charge in [-0.05, 0) is 30.5 Å². The minimum absolute atomic E-state index is 0.120. The molecule has 0 aromatic heterocycles. The van der Waals surface area contributed by atoms with E-state index in [1.807, 2.05) is 19.1 Å². The van der Waals surface area contributed by atoms with E-state index in [2.05, 4.69) is 13.0 Å². The van der Waals surface area contributed by atoms with Crippen molar-refractivity contribution in [2.24, 2.45) is 5.73 Å². The fourth-order valence-electron chi connectivity index (χ4n) is 1.30. The van der Waals surface area contributed by atoms with Crippen LogP contribution >= 0.6 is 0 Å². The molecule has 0 aliphatic rings. The van der Waals surface area contributed by atoms with E-state index >= 15 is 0 Å². The second-order valence-electron chi connectivity index (χ2n) is 3.24. The average Bonchev–Trinajstić information content (AvgIpc) is 2.17. The van der Waals surface area contributed by atoms with Gasteiger partial charge in [0.1, 0.15) is 5.75 Å². The number of rotatable bonds is 3. The molecule has 1 rings (SSSR count). The number of methoxy groups -OCH3 is 1. The van der Waals surface area contributed by atoms with Gasteiger partial charge < -0.3 is 10.5 Å². The van der Waals surface area contributed by atoms with Crippen LogP contribution in [0, 0.1) is 6.92 Å². The normalized spacial score (nSPS) is 12.6. The van der Waals surface area contributed by atoms with Gasteiger partial charge in [-0.15, -0.1) is 0 Å². The largest absolute Gasteiger partial charge is 0.496 e. The first-order valence-electron chi connectivity index (χ1n) is 4.59. The van der Waals surface area contributed by atoms with E-state index in [-0.39, 0.29) is 6.04 Å². The molecule has 1 aromatic rings. The third-order valence-electron chi connectivity index (χ3n) is 2.30. The molecule has 0 radical (unpaired) electrons. The van der Waals surface area contributed by atoms with Crippen molar-refractivity contribution < 1.29 is 4.74 Å². The molecule has 0 fully saturated rings. The maximum absolute atomic E-state index is 5.91. The van der Waals surface area contributed by atoms with Crippen LogP contribution in [0.3, 0.4) is 0 Å². The van der Waals surface area contributed by atoms with E-state index in [0.717, 1.165) is 23.3 Å². The lowest BCUT2D eigenvalue weighted by Gasteiger charge is -2.12. The topological polar surface area (TPSA) is 35.2 Å². The Balaban J connectivity index is 2.99. The molecule has 1 aromatic carbocycles. The Bertz CT molecular complexity index is 283. The molecule has 2 heteroatoms. The molecular formula is C11H17NO. The van der Waals surface area contributed by atoms with Crippen LogP contribution in [0.5, 0.6) is 5.75 Å². The van der Waals surface area contributed by atoms with Gasteiger partial charge in [-0.25, -0.2) is 0 Å². The summed E-state index contributed by atoms with van der Waals surface area (Å²) in [5, 5.41) is 0. The Labute approximate surface area is 79.7 Å². The van der Waals surface area contributed by atoms with Crippen LogP contribution in [-0.4, -0.2) is 7.11 Å². The fourth-order valence-corrected chi connectivity index (χ4v) is 1.30. The van der Waals surface area contributed by atoms with Gasteiger partial charge in [0.2, 0.25) is 0 Å². The van der Waals surface area contributed by atoms with Crippen LogP contribution in [0.2, 0.25) is 0 Å². The second-order valence-corrected chi connectivity index (χ2v) is 3.24. The molecule has 1 atom stereocenters. The molecule has 0 unspecified atom stereocenters. The molecule has 0 saturated carbocycles. The van der Waals surface area contributed by atoms with Crippen LogP contribution < -0.4 is 10.5 Å². The molecule has 0 spiro atoms. The zero-order valence-corrected chi connectivity index (χ0v) is 8.50. The highest BCUT2D eigenvalue weighted by molar-refractivity contribution is 5.37. The highest BCUT2D eigenvalue weighted by Gasteiger charge is 2.05. The fraction of sp³-hybridized carbons (Fsp3) is 0.455. The van der Waals surface area contributed by atoms with Crippen LogP contribution in [0.15, 0.2) is 18.2 Å². The first kappa shape index (κ1) is 10.1. The first-order chi connectivity index (χ1) is 6.19. The zero-order valence-electron chi connectivity index (χ0n) is 8.50. The van der Waals surface area contributed by atoms with E-state index in [4.69, 9.17) is 10.5 Å². The summed E-state index contributed by atoms with van der Waals surface area (Å²) in [6.07, 6.45) is 0.951. The van der Waals surface area contributed by atoms with Crippen LogP contribution in [0.4, 0.5) is 0 Å². The van der Waals surface area contributed by atoms with Crippen molar-refractivity contribution in [3.05, 3.63) is 29.3 Å². The number of benzene rings is 1. The molecule has 2 nitrogen and oxygen atoms in total. The summed E-state index contributed by atoms with van der Waals surface area (Å²) in [5.74, 6) is 0.918. The standard InChI is InChI=1S/C11H17NO/c1-4-10(12)9-6-5-8(2)11(7-9)13-3/h5-7,10H,4,12H2,1-3H3/t10-/m0/s1. The lowest BCUT2D eigenvalue weighted by Crippen LogP contribution is -2.08. The zero-order chi connectivity index (χ0) is 9.84. The van der Waals surface area contributed by atoms with E-state index in [0.29, 0.717) is 0 Å². The van der Waals surface area contributed by atoms with Crippen molar-refractivity contribution in [1.29, 1.82) is 0 Å². The van der Waals surface area contributed by atoms with Gasteiger partial charge in [-0.3, -0.25) is 0 Å². The van der Waals surface area contributed by atoms with Gasteiger partial charge in [0.05, 0.1) is 7.11 Å². The van der Waals surface area contributed by atoms with Gasteiger partial charge in [-0.1, -0.05) is 19.1 Å². The van der Waals surface area contributed by atoms with Gasteiger partial charge >= 0.3 is 0 Å². The van der Waals surface area contributed by atoms with Crippen molar-refractivity contribution in [2.75, 3.05) is 7.11 Å². The molecule has 72 valence electrons. The minimum Gasteiger partial charge on any atom is -0.496 e. The summed E-state index contributed by atoms with van der Waals surface area (Å²) in [6.45, 7) is 4.11. The maximum Gasteiger partial charge on any atom is 0.122 e. The molecule has 0 aliphatic carbocycles. The van der Waals surface area contributed by atoms with Crippen molar-refractivity contribution in [3.8, 4) is 5.75 Å². The van der Waals surface area contributed by atoms with Crippen molar-refractivity contribution in [1.82, 2.24) is 0 Å². The summed E-state index contributed by atoms with van der Waals surface area (Å²) in [4.78, 5) is 0. The second kappa shape index (κ2) is 4.28. The van der Waals surface area contributed by atoms with Gasteiger partial charge in [-0.2, -0.15) is 0 Å². The number of aryl methyl sites for hydroxylation is 1. The van der Waals surface area contributed by atoms with Crippen LogP contribution in [0.1, 0.15) is 30.5 Å². The Morgan fingerprint density at radius 1 is 1.46 bits per heavy atom. The summed E-state index contributed by atoms with van der Waals surface area (Å²) >= 11 is 0. The molecule has 13 heavy (non-hydrogen) atoms. The molecule has 0 aliphatic heterocycles. The molecule has 2 N–H and O–H groups in total. The predicted octanol–water partition coefficient (Wildman–Crippen LogP) is 2.41. The summed E-state index contributed by atoms with van der Waals surface area (Å²) in [6, 6.07) is 6.24. The summed E-state index contributed by atoms with van der Waals surface area (Å²) in [5.41, 5.74) is 8.20. The molecule has 0 heterocycles. The quantitative estimate of drug-likeness (QED) is 0.773. The Hall–Kier alpha value is -1.02. The molecule has 0 bridgehead atoms. The van der Waals surface area contributed by atoms with Crippen molar-refractivity contribution in [3.63, 3.8) is 0 Å². The van der Waals surface area contributed by atoms with Crippen LogP contribution in [0.25, 0.3) is 0 Å². The maximum atomic E-state index is 5.91. The van der Waals surface area contributed by atoms with E-state index in [1.54, 1.807) is 7.11 Å². The third-order valence-corrected chi connectivity index (χ3v) is 2.30. The number of ether oxygens (including phenoxy) is 1. The highest BCUT2D eigenvalue weighted by Crippen LogP contribution is 2.23. The minimum atomic E-state index is 0.120. The van der Waals surface area contributed by atoms with Gasteiger partial charge in [0.15, 0.2) is 0 Å². The highest BCUT2D eigenvalue weighted by atomic mass is 16.5. The van der Waals surface area contributed by atoms with Gasteiger partial charge in [0.25, 0.3) is 0 Å². The molecule has 0 saturated heterocycles. The van der Waals surface area contributed by atoms with Crippen LogP contribution in [-0.2, 0) is 0 Å². The summed E-state index contributed by atoms with van der Waals surface area (Å²) in [7, 11) is 1.68. The number of hydrogen-bond donors (Lipinski definition) is 1. The lowest BCUT2D eigenvalue weighted by atomic mass is 10.0.